The van der Waals surface area contributed by atoms with Crippen LogP contribution in [-0.2, 0) is 0 Å². The van der Waals surface area contributed by atoms with Crippen molar-refractivity contribution >= 4 is 37.2 Å². The highest BCUT2D eigenvalue weighted by molar-refractivity contribution is 7.26. The SMILES string of the molecule is CCN(CC)CCCNc1ccc(OC)c2sc3ccccc3c12. The van der Waals surface area contributed by atoms with Crippen molar-refractivity contribution < 1.29 is 4.74 Å². The summed E-state index contributed by atoms with van der Waals surface area (Å²) in [6.45, 7) is 8.82. The van der Waals surface area contributed by atoms with E-state index in [1.807, 2.05) is 0 Å². The van der Waals surface area contributed by atoms with Crippen LogP contribution in [0.25, 0.3) is 20.2 Å². The molecule has 0 atom stereocenters. The Morgan fingerprint density at radius 3 is 2.62 bits per heavy atom. The van der Waals surface area contributed by atoms with Crippen LogP contribution >= 0.6 is 11.3 Å². The van der Waals surface area contributed by atoms with Crippen LogP contribution in [-0.4, -0.2) is 38.2 Å². The highest BCUT2D eigenvalue weighted by Crippen LogP contribution is 2.43. The van der Waals surface area contributed by atoms with Crippen molar-refractivity contribution in [2.45, 2.75) is 20.3 Å². The molecule has 2 aromatic carbocycles. The molecule has 0 amide bonds. The Bertz CT molecular complexity index is 808. The van der Waals surface area contributed by atoms with Crippen molar-refractivity contribution in [2.24, 2.45) is 0 Å². The number of hydrogen-bond acceptors (Lipinski definition) is 4. The molecule has 24 heavy (non-hydrogen) atoms. The quantitative estimate of drug-likeness (QED) is 0.569. The van der Waals surface area contributed by atoms with E-state index in [4.69, 9.17) is 4.74 Å². The largest absolute Gasteiger partial charge is 0.495 e. The van der Waals surface area contributed by atoms with Crippen LogP contribution in [0.5, 0.6) is 5.75 Å². The lowest BCUT2D eigenvalue weighted by Crippen LogP contribution is -2.25. The fourth-order valence-electron chi connectivity index (χ4n) is 3.18. The number of anilines is 1. The van der Waals surface area contributed by atoms with Gasteiger partial charge in [0.15, 0.2) is 0 Å². The number of hydrogen-bond donors (Lipinski definition) is 1. The van der Waals surface area contributed by atoms with Gasteiger partial charge < -0.3 is 15.0 Å². The van der Waals surface area contributed by atoms with Crippen LogP contribution in [0.1, 0.15) is 20.3 Å². The molecule has 3 rings (SSSR count). The summed E-state index contributed by atoms with van der Waals surface area (Å²) in [6.07, 6.45) is 1.15. The number of fused-ring (bicyclic) bond motifs is 3. The Balaban J connectivity index is 1.85. The maximum Gasteiger partial charge on any atom is 0.136 e. The molecule has 0 saturated carbocycles. The van der Waals surface area contributed by atoms with Gasteiger partial charge >= 0.3 is 0 Å². The number of nitrogens with one attached hydrogen (secondary N) is 1. The van der Waals surface area contributed by atoms with Gasteiger partial charge in [-0.15, -0.1) is 11.3 Å². The van der Waals surface area contributed by atoms with E-state index in [9.17, 15) is 0 Å². The topological polar surface area (TPSA) is 24.5 Å². The summed E-state index contributed by atoms with van der Waals surface area (Å²) in [7, 11) is 1.75. The van der Waals surface area contributed by atoms with Gasteiger partial charge in [-0.1, -0.05) is 32.0 Å². The van der Waals surface area contributed by atoms with Gasteiger partial charge in [0.05, 0.1) is 11.8 Å². The monoisotopic (exact) mass is 342 g/mol. The molecule has 1 heterocycles. The van der Waals surface area contributed by atoms with E-state index in [0.717, 1.165) is 38.3 Å². The lowest BCUT2D eigenvalue weighted by Gasteiger charge is -2.18. The molecule has 0 aliphatic rings. The first-order valence-corrected chi connectivity index (χ1v) is 9.54. The van der Waals surface area contributed by atoms with Gasteiger partial charge in [-0.2, -0.15) is 0 Å². The van der Waals surface area contributed by atoms with Crippen molar-refractivity contribution in [3.05, 3.63) is 36.4 Å². The zero-order chi connectivity index (χ0) is 16.9. The van der Waals surface area contributed by atoms with Gasteiger partial charge in [-0.05, 0) is 44.3 Å². The third-order valence-corrected chi connectivity index (χ3v) is 5.76. The number of ether oxygens (including phenoxy) is 1. The van der Waals surface area contributed by atoms with Gasteiger partial charge in [0, 0.05) is 27.7 Å². The molecular formula is C20H26N2OS. The smallest absolute Gasteiger partial charge is 0.136 e. The number of thiophene rings is 1. The van der Waals surface area contributed by atoms with Gasteiger partial charge in [-0.25, -0.2) is 0 Å². The Labute approximate surface area is 148 Å². The zero-order valence-electron chi connectivity index (χ0n) is 14.8. The second-order valence-corrected chi connectivity index (χ2v) is 6.98. The van der Waals surface area contributed by atoms with E-state index in [0.29, 0.717) is 0 Å². The number of methoxy groups -OCH3 is 1. The van der Waals surface area contributed by atoms with Gasteiger partial charge in [-0.3, -0.25) is 0 Å². The Kier molecular flexibility index (Phi) is 5.59. The molecule has 0 aliphatic carbocycles. The zero-order valence-corrected chi connectivity index (χ0v) is 15.6. The van der Waals surface area contributed by atoms with E-state index in [1.54, 1.807) is 18.4 Å². The summed E-state index contributed by atoms with van der Waals surface area (Å²) in [6, 6.07) is 12.8. The summed E-state index contributed by atoms with van der Waals surface area (Å²) in [5.74, 6) is 0.958. The highest BCUT2D eigenvalue weighted by Gasteiger charge is 2.13. The van der Waals surface area contributed by atoms with Crippen LogP contribution in [0, 0.1) is 0 Å². The van der Waals surface area contributed by atoms with Crippen molar-refractivity contribution in [3.63, 3.8) is 0 Å². The average Bonchev–Trinajstić information content (AvgIpc) is 3.01. The lowest BCUT2D eigenvalue weighted by molar-refractivity contribution is 0.303. The molecule has 128 valence electrons. The first-order chi connectivity index (χ1) is 11.8. The van der Waals surface area contributed by atoms with Crippen LogP contribution < -0.4 is 10.1 Å². The van der Waals surface area contributed by atoms with E-state index >= 15 is 0 Å². The van der Waals surface area contributed by atoms with Gasteiger partial charge in [0.25, 0.3) is 0 Å². The molecule has 0 spiro atoms. The van der Waals surface area contributed by atoms with E-state index < -0.39 is 0 Å². The molecule has 1 N–H and O–H groups in total. The summed E-state index contributed by atoms with van der Waals surface area (Å²) >= 11 is 1.81. The van der Waals surface area contributed by atoms with Gasteiger partial charge in [0.2, 0.25) is 0 Å². The molecule has 0 saturated heterocycles. The summed E-state index contributed by atoms with van der Waals surface area (Å²) in [5.41, 5.74) is 1.21. The second-order valence-electron chi connectivity index (χ2n) is 5.92. The maximum absolute atomic E-state index is 5.57. The average molecular weight is 343 g/mol. The normalized spacial score (nSPS) is 11.5. The van der Waals surface area contributed by atoms with Crippen LogP contribution in [0.2, 0.25) is 0 Å². The maximum atomic E-state index is 5.57. The summed E-state index contributed by atoms with van der Waals surface area (Å²) in [4.78, 5) is 2.46. The number of nitrogens with zero attached hydrogens (tertiary/aromatic N) is 1. The van der Waals surface area contributed by atoms with E-state index in [-0.39, 0.29) is 0 Å². The van der Waals surface area contributed by atoms with Crippen LogP contribution in [0.15, 0.2) is 36.4 Å². The van der Waals surface area contributed by atoms with E-state index in [1.165, 1.54) is 25.9 Å². The molecule has 0 aliphatic heterocycles. The lowest BCUT2D eigenvalue weighted by atomic mass is 10.1. The number of benzene rings is 2. The van der Waals surface area contributed by atoms with Crippen molar-refractivity contribution in [3.8, 4) is 5.75 Å². The fourth-order valence-corrected chi connectivity index (χ4v) is 4.40. The Hall–Kier alpha value is -1.78. The molecule has 0 unspecified atom stereocenters. The fraction of sp³-hybridized carbons (Fsp3) is 0.400. The van der Waals surface area contributed by atoms with Crippen LogP contribution in [0.3, 0.4) is 0 Å². The molecule has 0 bridgehead atoms. The standard InChI is InChI=1S/C20H26N2OS/c1-4-22(5-2)14-8-13-21-16-11-12-17(23-3)20-19(16)15-9-6-7-10-18(15)24-20/h6-7,9-12,21H,4-5,8,13-14H2,1-3H3. The molecule has 3 nitrogen and oxygen atoms in total. The minimum atomic E-state index is 0.958. The summed E-state index contributed by atoms with van der Waals surface area (Å²) in [5, 5.41) is 6.24. The molecule has 4 heteroatoms. The molecular weight excluding hydrogens is 316 g/mol. The van der Waals surface area contributed by atoms with Crippen LogP contribution in [0.4, 0.5) is 5.69 Å². The Morgan fingerprint density at radius 1 is 1.08 bits per heavy atom. The number of rotatable bonds is 8. The van der Waals surface area contributed by atoms with Crippen molar-refractivity contribution in [1.82, 2.24) is 4.90 Å². The van der Waals surface area contributed by atoms with Crippen molar-refractivity contribution in [2.75, 3.05) is 38.6 Å². The minimum absolute atomic E-state index is 0.958. The predicted molar refractivity (Wildman–Crippen MR) is 107 cm³/mol. The Morgan fingerprint density at radius 2 is 1.88 bits per heavy atom. The highest BCUT2D eigenvalue weighted by atomic mass is 32.1. The van der Waals surface area contributed by atoms with E-state index in [2.05, 4.69) is 60.5 Å². The van der Waals surface area contributed by atoms with Gasteiger partial charge in [0.1, 0.15) is 5.75 Å². The second kappa shape index (κ2) is 7.86. The summed E-state index contributed by atoms with van der Waals surface area (Å²) < 4.78 is 8.11. The first-order valence-electron chi connectivity index (χ1n) is 8.73. The van der Waals surface area contributed by atoms with Crippen molar-refractivity contribution in [1.29, 1.82) is 0 Å². The molecule has 1 aromatic heterocycles. The molecule has 3 aromatic rings. The third kappa shape index (κ3) is 3.35. The minimum Gasteiger partial charge on any atom is -0.495 e. The molecule has 0 fully saturated rings. The molecule has 0 radical (unpaired) electrons. The third-order valence-electron chi connectivity index (χ3n) is 4.57. The first kappa shape index (κ1) is 17.1. The predicted octanol–water partition coefficient (Wildman–Crippen LogP) is 5.21.